The van der Waals surface area contributed by atoms with E-state index in [1.54, 1.807) is 0 Å². The van der Waals surface area contributed by atoms with Crippen molar-refractivity contribution < 1.29 is 14.3 Å². The molecule has 156 valence electrons. The van der Waals surface area contributed by atoms with Gasteiger partial charge in [-0.15, -0.1) is 0 Å². The molecule has 5 nitrogen and oxygen atoms in total. The second kappa shape index (κ2) is 9.75. The van der Waals surface area contributed by atoms with Crippen LogP contribution < -0.4 is 15.8 Å². The van der Waals surface area contributed by atoms with E-state index < -0.39 is 0 Å². The molecule has 0 unspecified atom stereocenters. The molecule has 0 bridgehead atoms. The third-order valence-electron chi connectivity index (χ3n) is 6.73. The van der Waals surface area contributed by atoms with E-state index in [1.807, 2.05) is 19.1 Å². The molecule has 0 radical (unpaired) electrons. The lowest BCUT2D eigenvalue weighted by Gasteiger charge is -2.39. The van der Waals surface area contributed by atoms with Crippen molar-refractivity contribution in [2.24, 2.45) is 11.1 Å². The van der Waals surface area contributed by atoms with Gasteiger partial charge in [0.15, 0.2) is 0 Å². The minimum absolute atomic E-state index is 0.00428. The predicted octanol–water partition coefficient (Wildman–Crippen LogP) is 3.55. The number of hydrogen-bond acceptors (Lipinski definition) is 4. The Kier molecular flexibility index (Phi) is 7.36. The zero-order valence-corrected chi connectivity index (χ0v) is 17.3. The fourth-order valence-electron chi connectivity index (χ4n) is 4.83. The number of nitrogens with two attached hydrogens (primary N) is 1. The molecule has 3 rings (SSSR count). The summed E-state index contributed by atoms with van der Waals surface area (Å²) in [4.78, 5) is 12.8. The predicted molar refractivity (Wildman–Crippen MR) is 112 cm³/mol. The molecule has 28 heavy (non-hydrogen) atoms. The summed E-state index contributed by atoms with van der Waals surface area (Å²) in [5, 5.41) is 3.26. The first-order valence-corrected chi connectivity index (χ1v) is 10.9. The number of carbonyl (C=O) groups is 1. The normalized spacial score (nSPS) is 21.1. The van der Waals surface area contributed by atoms with E-state index in [0.717, 1.165) is 44.6 Å². The van der Waals surface area contributed by atoms with Crippen LogP contribution in [0, 0.1) is 5.41 Å². The van der Waals surface area contributed by atoms with Crippen molar-refractivity contribution in [3.8, 4) is 5.75 Å². The second-order valence-corrected chi connectivity index (χ2v) is 8.57. The van der Waals surface area contributed by atoms with Gasteiger partial charge in [0.25, 0.3) is 0 Å². The minimum Gasteiger partial charge on any atom is -0.494 e. The number of amides is 1. The van der Waals surface area contributed by atoms with Gasteiger partial charge in [-0.05, 0) is 62.3 Å². The molecule has 1 aliphatic heterocycles. The van der Waals surface area contributed by atoms with E-state index >= 15 is 0 Å². The van der Waals surface area contributed by atoms with Gasteiger partial charge in [0.1, 0.15) is 5.75 Å². The highest BCUT2D eigenvalue weighted by Crippen LogP contribution is 2.39. The summed E-state index contributed by atoms with van der Waals surface area (Å²) in [6.45, 7) is 5.38. The Hall–Kier alpha value is -1.59. The van der Waals surface area contributed by atoms with Gasteiger partial charge in [0.05, 0.1) is 6.61 Å². The maximum Gasteiger partial charge on any atom is 0.220 e. The van der Waals surface area contributed by atoms with Crippen molar-refractivity contribution in [2.45, 2.75) is 63.7 Å². The first kappa shape index (κ1) is 21.1. The van der Waals surface area contributed by atoms with Crippen molar-refractivity contribution in [3.05, 3.63) is 29.8 Å². The summed E-state index contributed by atoms with van der Waals surface area (Å²) >= 11 is 0. The molecule has 1 amide bonds. The van der Waals surface area contributed by atoms with Crippen LogP contribution in [-0.2, 0) is 14.9 Å². The van der Waals surface area contributed by atoms with Gasteiger partial charge in [-0.1, -0.05) is 31.4 Å². The van der Waals surface area contributed by atoms with E-state index in [2.05, 4.69) is 17.4 Å². The summed E-state index contributed by atoms with van der Waals surface area (Å²) in [7, 11) is 0. The van der Waals surface area contributed by atoms with Crippen LogP contribution in [-0.4, -0.2) is 38.8 Å². The number of hydrogen-bond donors (Lipinski definition) is 2. The molecule has 1 aromatic rings. The van der Waals surface area contributed by atoms with Gasteiger partial charge in [0, 0.05) is 31.6 Å². The third kappa shape index (κ3) is 5.06. The number of rotatable bonds is 8. The summed E-state index contributed by atoms with van der Waals surface area (Å²) < 4.78 is 11.2. The Labute approximate surface area is 169 Å². The molecule has 5 heteroatoms. The Morgan fingerprint density at radius 3 is 2.39 bits per heavy atom. The van der Waals surface area contributed by atoms with Gasteiger partial charge < -0.3 is 20.5 Å². The molecule has 0 atom stereocenters. The van der Waals surface area contributed by atoms with Crippen LogP contribution in [0.4, 0.5) is 0 Å². The summed E-state index contributed by atoms with van der Waals surface area (Å²) in [5.41, 5.74) is 7.26. The van der Waals surface area contributed by atoms with E-state index in [9.17, 15) is 4.79 Å². The maximum atomic E-state index is 12.8. The molecule has 1 aliphatic carbocycles. The van der Waals surface area contributed by atoms with Gasteiger partial charge in [-0.25, -0.2) is 0 Å². The lowest BCUT2D eigenvalue weighted by molar-refractivity contribution is -0.124. The van der Waals surface area contributed by atoms with Crippen LogP contribution in [0.25, 0.3) is 0 Å². The third-order valence-corrected chi connectivity index (χ3v) is 6.73. The van der Waals surface area contributed by atoms with Crippen LogP contribution in [0.5, 0.6) is 5.75 Å². The van der Waals surface area contributed by atoms with E-state index in [4.69, 9.17) is 15.2 Å². The van der Waals surface area contributed by atoms with Crippen LogP contribution >= 0.6 is 0 Å². The quantitative estimate of drug-likeness (QED) is 0.714. The molecule has 1 aromatic carbocycles. The monoisotopic (exact) mass is 388 g/mol. The van der Waals surface area contributed by atoms with Crippen molar-refractivity contribution >= 4 is 5.91 Å². The van der Waals surface area contributed by atoms with Gasteiger partial charge in [-0.3, -0.25) is 4.79 Å². The molecule has 0 aromatic heterocycles. The lowest BCUT2D eigenvalue weighted by Crippen LogP contribution is -2.46. The topological polar surface area (TPSA) is 73.6 Å². The minimum atomic E-state index is -0.0684. The SMILES string of the molecule is CCOc1ccc(C2(CNC(=O)CC3(CN)CCCCC3)CCOCC2)cc1. The number of benzene rings is 1. The van der Waals surface area contributed by atoms with E-state index in [1.165, 1.54) is 24.8 Å². The Balaban J connectivity index is 1.66. The average Bonchev–Trinajstić information content (AvgIpc) is 2.74. The number of carbonyl (C=O) groups excluding carboxylic acids is 1. The van der Waals surface area contributed by atoms with Crippen molar-refractivity contribution in [3.63, 3.8) is 0 Å². The smallest absolute Gasteiger partial charge is 0.220 e. The van der Waals surface area contributed by atoms with Crippen LogP contribution in [0.2, 0.25) is 0 Å². The number of ether oxygens (including phenoxy) is 2. The molecule has 2 aliphatic rings. The highest BCUT2D eigenvalue weighted by atomic mass is 16.5. The fourth-order valence-corrected chi connectivity index (χ4v) is 4.83. The van der Waals surface area contributed by atoms with E-state index in [0.29, 0.717) is 26.1 Å². The van der Waals surface area contributed by atoms with Crippen LogP contribution in [0.15, 0.2) is 24.3 Å². The van der Waals surface area contributed by atoms with Crippen molar-refractivity contribution in [1.29, 1.82) is 0 Å². The zero-order valence-electron chi connectivity index (χ0n) is 17.3. The second-order valence-electron chi connectivity index (χ2n) is 8.57. The maximum absolute atomic E-state index is 12.8. The summed E-state index contributed by atoms with van der Waals surface area (Å²) in [6.07, 6.45) is 8.20. The van der Waals surface area contributed by atoms with Gasteiger partial charge in [-0.2, -0.15) is 0 Å². The van der Waals surface area contributed by atoms with Gasteiger partial charge in [0.2, 0.25) is 5.91 Å². The van der Waals surface area contributed by atoms with Gasteiger partial charge >= 0.3 is 0 Å². The Morgan fingerprint density at radius 1 is 1.11 bits per heavy atom. The standard InChI is InChI=1S/C23H36N2O3/c1-2-28-20-8-6-19(7-9-20)23(12-14-27-15-13-23)18-25-21(26)16-22(17-24)10-4-3-5-11-22/h6-9H,2-5,10-18,24H2,1H3,(H,25,26). The van der Waals surface area contributed by atoms with Crippen molar-refractivity contribution in [1.82, 2.24) is 5.32 Å². The number of nitrogens with one attached hydrogen (secondary N) is 1. The molecule has 1 heterocycles. The molecule has 1 saturated carbocycles. The Morgan fingerprint density at radius 2 is 1.79 bits per heavy atom. The zero-order chi connectivity index (χ0) is 19.9. The molecular formula is C23H36N2O3. The first-order chi connectivity index (χ1) is 13.6. The lowest BCUT2D eigenvalue weighted by atomic mass is 9.71. The van der Waals surface area contributed by atoms with Crippen LogP contribution in [0.1, 0.15) is 63.9 Å². The first-order valence-electron chi connectivity index (χ1n) is 10.9. The molecule has 0 spiro atoms. The highest BCUT2D eigenvalue weighted by molar-refractivity contribution is 5.77. The summed E-state index contributed by atoms with van der Waals surface area (Å²) in [5.74, 6) is 1.03. The van der Waals surface area contributed by atoms with Crippen LogP contribution in [0.3, 0.4) is 0 Å². The molecule has 3 N–H and O–H groups in total. The highest BCUT2D eigenvalue weighted by Gasteiger charge is 2.37. The largest absolute Gasteiger partial charge is 0.494 e. The summed E-state index contributed by atoms with van der Waals surface area (Å²) in [6, 6.07) is 8.35. The molecule has 2 fully saturated rings. The van der Waals surface area contributed by atoms with E-state index in [-0.39, 0.29) is 16.7 Å². The average molecular weight is 389 g/mol. The molecular weight excluding hydrogens is 352 g/mol. The van der Waals surface area contributed by atoms with Crippen molar-refractivity contribution in [2.75, 3.05) is 32.9 Å². The Bertz CT molecular complexity index is 617. The molecule has 1 saturated heterocycles. The fraction of sp³-hybridized carbons (Fsp3) is 0.696.